The minimum absolute atomic E-state index is 0.0456. The number of carbonyl (C=O) groups excluding carboxylic acids is 1. The molecule has 3 heterocycles. The predicted molar refractivity (Wildman–Crippen MR) is 200 cm³/mol. The van der Waals surface area contributed by atoms with Gasteiger partial charge in [-0.2, -0.15) is 0 Å². The second kappa shape index (κ2) is 18.8. The first-order valence-electron chi connectivity index (χ1n) is 19.5. The zero-order valence-corrected chi connectivity index (χ0v) is 35.3. The van der Waals surface area contributed by atoms with Gasteiger partial charge in [0.2, 0.25) is 0 Å². The molecule has 0 saturated carbocycles. The van der Waals surface area contributed by atoms with Gasteiger partial charge in [0, 0.05) is 51.5 Å². The van der Waals surface area contributed by atoms with Crippen LogP contribution in [0.15, 0.2) is 5.16 Å². The van der Waals surface area contributed by atoms with Crippen LogP contribution in [0.1, 0.15) is 94.9 Å². The van der Waals surface area contributed by atoms with E-state index in [9.17, 15) is 25.3 Å². The standard InChI is InChI=1S/C39H72N2O13/c1-16-27-39(10,45)32(42)22(4)29(40-46)20(2)18-38(9,49-15)34(54-36-31(47-13)26(41(11)12)17-21(3)50-36)23(5)30(24(6)35(44)52-27)53-28-19-37(8,48-14)33(43)25(7)51-28/h20-28,30-34,36,42-43,45-46H,16-19H2,1-15H3/b40-29+/t20-,21-,22+,23+,24-,25+,26+,27-,28+,30+,31-,32-,33+,34-,36+,37-,38+,39-/m1/s1. The van der Waals surface area contributed by atoms with Gasteiger partial charge in [-0.1, -0.05) is 32.9 Å². The molecule has 316 valence electrons. The van der Waals surface area contributed by atoms with E-state index in [1.165, 1.54) is 14.0 Å². The van der Waals surface area contributed by atoms with Crippen LogP contribution in [-0.4, -0.2) is 157 Å². The average Bonchev–Trinajstić information content (AvgIpc) is 3.12. The fraction of sp³-hybridized carbons (Fsp3) is 0.949. The largest absolute Gasteiger partial charge is 0.459 e. The Morgan fingerprint density at radius 3 is 2.00 bits per heavy atom. The first-order chi connectivity index (χ1) is 25.1. The fourth-order valence-electron chi connectivity index (χ4n) is 9.03. The molecule has 3 aliphatic rings. The van der Waals surface area contributed by atoms with Crippen LogP contribution in [-0.2, 0) is 42.7 Å². The third kappa shape index (κ3) is 9.78. The van der Waals surface area contributed by atoms with Gasteiger partial charge in [0.05, 0.1) is 53.4 Å². The number of likely N-dealkylation sites (N-methyl/N-ethyl adjacent to an activating group) is 1. The minimum atomic E-state index is -1.92. The number of cyclic esters (lactones) is 1. The van der Waals surface area contributed by atoms with E-state index in [0.29, 0.717) is 6.42 Å². The van der Waals surface area contributed by atoms with Gasteiger partial charge in [0.15, 0.2) is 12.6 Å². The number of oxime groups is 1. The summed E-state index contributed by atoms with van der Waals surface area (Å²) in [5, 5.41) is 48.4. The molecule has 15 nitrogen and oxygen atoms in total. The summed E-state index contributed by atoms with van der Waals surface area (Å²) in [6.07, 6.45) is -7.24. The molecule has 0 aromatic carbocycles. The lowest BCUT2D eigenvalue weighted by Crippen LogP contribution is -2.61. The van der Waals surface area contributed by atoms with Crippen LogP contribution >= 0.6 is 0 Å². The molecule has 0 aliphatic carbocycles. The zero-order valence-electron chi connectivity index (χ0n) is 35.3. The highest BCUT2D eigenvalue weighted by Gasteiger charge is 2.54. The van der Waals surface area contributed by atoms with E-state index in [-0.39, 0.29) is 37.1 Å². The van der Waals surface area contributed by atoms with E-state index in [1.807, 2.05) is 41.8 Å². The molecule has 0 radical (unpaired) electrons. The number of rotatable bonds is 9. The van der Waals surface area contributed by atoms with Crippen LogP contribution < -0.4 is 0 Å². The molecule has 3 aliphatic heterocycles. The monoisotopic (exact) mass is 777 g/mol. The summed E-state index contributed by atoms with van der Waals surface area (Å²) in [5.74, 6) is -3.66. The summed E-state index contributed by atoms with van der Waals surface area (Å²) in [6.45, 7) is 17.7. The quantitative estimate of drug-likeness (QED) is 0.152. The number of hydrogen-bond acceptors (Lipinski definition) is 15. The first-order valence-corrected chi connectivity index (χ1v) is 19.5. The zero-order chi connectivity index (χ0) is 41.1. The second-order valence-corrected chi connectivity index (χ2v) is 17.0. The normalized spacial score (nSPS) is 48.4. The number of methoxy groups -OCH3 is 3. The summed E-state index contributed by atoms with van der Waals surface area (Å²) in [6, 6.07) is -0.0456. The van der Waals surface area contributed by atoms with Crippen LogP contribution in [0, 0.1) is 23.7 Å². The Morgan fingerprint density at radius 1 is 0.870 bits per heavy atom. The highest BCUT2D eigenvalue weighted by Crippen LogP contribution is 2.42. The molecule has 3 fully saturated rings. The smallest absolute Gasteiger partial charge is 0.311 e. The van der Waals surface area contributed by atoms with E-state index in [2.05, 4.69) is 10.1 Å². The number of ether oxygens (including phenoxy) is 8. The number of nitrogens with zero attached hydrogens (tertiary/aromatic N) is 2. The maximum atomic E-state index is 14.3. The van der Waals surface area contributed by atoms with E-state index in [1.54, 1.807) is 48.8 Å². The molecule has 0 aromatic heterocycles. The van der Waals surface area contributed by atoms with E-state index in [4.69, 9.17) is 37.9 Å². The van der Waals surface area contributed by atoms with Crippen LogP contribution in [0.3, 0.4) is 0 Å². The van der Waals surface area contributed by atoms with Crippen LogP contribution in [0.5, 0.6) is 0 Å². The third-order valence-corrected chi connectivity index (χ3v) is 12.7. The van der Waals surface area contributed by atoms with Crippen LogP contribution in [0.4, 0.5) is 0 Å². The van der Waals surface area contributed by atoms with Crippen molar-refractivity contribution in [2.24, 2.45) is 28.8 Å². The maximum Gasteiger partial charge on any atom is 0.311 e. The van der Waals surface area contributed by atoms with Crippen molar-refractivity contribution >= 4 is 11.7 Å². The molecular weight excluding hydrogens is 704 g/mol. The topological polar surface area (TPSA) is 187 Å². The van der Waals surface area contributed by atoms with Gasteiger partial charge in [-0.25, -0.2) is 0 Å². The summed E-state index contributed by atoms with van der Waals surface area (Å²) < 4.78 is 50.8. The lowest BCUT2D eigenvalue weighted by molar-refractivity contribution is -0.321. The lowest BCUT2D eigenvalue weighted by Gasteiger charge is -2.50. The van der Waals surface area contributed by atoms with Crippen molar-refractivity contribution in [2.75, 3.05) is 35.4 Å². The summed E-state index contributed by atoms with van der Waals surface area (Å²) in [7, 11) is 8.67. The third-order valence-electron chi connectivity index (χ3n) is 12.7. The summed E-state index contributed by atoms with van der Waals surface area (Å²) in [4.78, 5) is 16.4. The minimum Gasteiger partial charge on any atom is -0.459 e. The molecule has 3 saturated heterocycles. The number of aliphatic hydroxyl groups excluding tert-OH is 2. The van der Waals surface area contributed by atoms with Gasteiger partial charge in [0.1, 0.15) is 23.9 Å². The van der Waals surface area contributed by atoms with Gasteiger partial charge in [0.25, 0.3) is 0 Å². The van der Waals surface area contributed by atoms with Crippen molar-refractivity contribution in [1.29, 1.82) is 0 Å². The molecule has 0 aromatic rings. The molecule has 0 unspecified atom stereocenters. The Balaban J connectivity index is 2.27. The van der Waals surface area contributed by atoms with Gasteiger partial charge < -0.3 is 63.3 Å². The SMILES string of the molecule is CC[C@H]1OC(=O)[C@H](C)[C@@H](O[C@H]2C[C@@](C)(OC)[C@@H](O)[C@H](C)O2)[C@H](C)[C@@H](O[C@@H]2O[C@H](C)C[C@H](N(C)C)[C@H]2OC)[C@@](C)(OC)C[C@@H](C)/C(=N\O)[C@H](C)[C@@H](O)[C@]1(C)O. The molecule has 3 rings (SSSR count). The fourth-order valence-corrected chi connectivity index (χ4v) is 9.03. The van der Waals surface area contributed by atoms with Gasteiger partial charge in [-0.05, 0) is 74.9 Å². The lowest BCUT2D eigenvalue weighted by atomic mass is 9.73. The van der Waals surface area contributed by atoms with E-state index < -0.39 is 102 Å². The molecule has 0 spiro atoms. The molecule has 0 bridgehead atoms. The molecular formula is C39H72N2O13. The van der Waals surface area contributed by atoms with Crippen molar-refractivity contribution in [3.8, 4) is 0 Å². The summed E-state index contributed by atoms with van der Waals surface area (Å²) >= 11 is 0. The second-order valence-electron chi connectivity index (χ2n) is 17.0. The Morgan fingerprint density at radius 2 is 1.48 bits per heavy atom. The van der Waals surface area contributed by atoms with Gasteiger partial charge in [-0.3, -0.25) is 4.79 Å². The number of esters is 1. The number of hydrogen-bond donors (Lipinski definition) is 4. The predicted octanol–water partition coefficient (Wildman–Crippen LogP) is 3.35. The maximum absolute atomic E-state index is 14.3. The Bertz CT molecular complexity index is 1240. The van der Waals surface area contributed by atoms with Crippen molar-refractivity contribution in [3.63, 3.8) is 0 Å². The van der Waals surface area contributed by atoms with Gasteiger partial charge >= 0.3 is 5.97 Å². The van der Waals surface area contributed by atoms with Gasteiger partial charge in [-0.15, -0.1) is 0 Å². The van der Waals surface area contributed by atoms with Crippen LogP contribution in [0.25, 0.3) is 0 Å². The average molecular weight is 777 g/mol. The Labute approximate surface area is 322 Å². The molecule has 15 heteroatoms. The summed E-state index contributed by atoms with van der Waals surface area (Å²) in [5.41, 5.74) is -3.88. The van der Waals surface area contributed by atoms with E-state index in [0.717, 1.165) is 0 Å². The van der Waals surface area contributed by atoms with E-state index >= 15 is 0 Å². The number of aliphatic hydroxyl groups is 3. The first kappa shape index (κ1) is 46.9. The highest BCUT2D eigenvalue weighted by molar-refractivity contribution is 5.88. The highest BCUT2D eigenvalue weighted by atomic mass is 16.7. The van der Waals surface area contributed by atoms with Crippen molar-refractivity contribution in [1.82, 2.24) is 4.90 Å². The Hall–Kier alpha value is -1.50. The molecule has 54 heavy (non-hydrogen) atoms. The van der Waals surface area contributed by atoms with Crippen molar-refractivity contribution in [3.05, 3.63) is 0 Å². The van der Waals surface area contributed by atoms with Crippen molar-refractivity contribution in [2.45, 2.75) is 179 Å². The molecule has 0 amide bonds. The molecule has 18 atom stereocenters. The van der Waals surface area contributed by atoms with Crippen molar-refractivity contribution < 1.29 is 63.2 Å². The number of carbonyl (C=O) groups is 1. The van der Waals surface area contributed by atoms with Crippen LogP contribution in [0.2, 0.25) is 0 Å². The Kier molecular flexibility index (Phi) is 16.4. The molecule has 4 N–H and O–H groups in total.